The number of hydrogen-bond acceptors (Lipinski definition) is 6. The van der Waals surface area contributed by atoms with Gasteiger partial charge in [0.1, 0.15) is 6.61 Å². The number of esters is 1. The zero-order chi connectivity index (χ0) is 19.0. The number of nitro groups is 1. The predicted octanol–water partition coefficient (Wildman–Crippen LogP) is 1.74. The molecule has 1 aromatic carbocycles. The van der Waals surface area contributed by atoms with Gasteiger partial charge in [0.15, 0.2) is 0 Å². The molecule has 9 nitrogen and oxygen atoms in total. The lowest BCUT2D eigenvalue weighted by Crippen LogP contribution is -2.50. The van der Waals surface area contributed by atoms with Gasteiger partial charge in [0.2, 0.25) is 11.9 Å². The lowest BCUT2D eigenvalue weighted by molar-refractivity contribution is -0.384. The second-order valence-corrected chi connectivity index (χ2v) is 5.21. The zero-order valence-electron chi connectivity index (χ0n) is 14.0. The lowest BCUT2D eigenvalue weighted by atomic mass is 10.2. The maximum atomic E-state index is 12.2. The molecule has 1 atom stereocenters. The normalized spacial score (nSPS) is 11.4. The van der Waals surface area contributed by atoms with Crippen LogP contribution in [-0.2, 0) is 25.7 Å². The van der Waals surface area contributed by atoms with Crippen LogP contribution in [0.1, 0.15) is 32.3 Å². The van der Waals surface area contributed by atoms with E-state index in [0.717, 1.165) is 4.90 Å². The summed E-state index contributed by atoms with van der Waals surface area (Å²) in [7, 11) is 0. The van der Waals surface area contributed by atoms with E-state index in [1.54, 1.807) is 13.8 Å². The van der Waals surface area contributed by atoms with E-state index in [-0.39, 0.29) is 25.3 Å². The number of non-ortho nitro benzene ring substituents is 1. The van der Waals surface area contributed by atoms with E-state index in [2.05, 4.69) is 0 Å². The highest BCUT2D eigenvalue weighted by atomic mass is 16.6. The Hall–Kier alpha value is -2.97. The number of ether oxygens (including phenoxy) is 1. The van der Waals surface area contributed by atoms with Gasteiger partial charge < -0.3 is 14.7 Å². The molecule has 0 aromatic heterocycles. The summed E-state index contributed by atoms with van der Waals surface area (Å²) >= 11 is 0. The van der Waals surface area contributed by atoms with Crippen LogP contribution in [0.25, 0.3) is 0 Å². The van der Waals surface area contributed by atoms with Gasteiger partial charge in [-0.2, -0.15) is 0 Å². The predicted molar refractivity (Wildman–Crippen MR) is 86.6 cm³/mol. The van der Waals surface area contributed by atoms with E-state index in [1.807, 2.05) is 0 Å². The van der Waals surface area contributed by atoms with E-state index < -0.39 is 28.8 Å². The average Bonchev–Trinajstić information content (AvgIpc) is 2.57. The summed E-state index contributed by atoms with van der Waals surface area (Å²) < 4.78 is 4.96. The largest absolute Gasteiger partial charge is 0.479 e. The van der Waals surface area contributed by atoms with Gasteiger partial charge in [-0.25, -0.2) is 9.59 Å². The van der Waals surface area contributed by atoms with Gasteiger partial charge >= 0.3 is 11.9 Å². The second kappa shape index (κ2) is 9.36. The molecule has 1 rings (SSSR count). The fourth-order valence-corrected chi connectivity index (χ4v) is 2.21. The SMILES string of the molecule is CCCC(=O)N(CC)C(C(=O)O)C(=O)OCc1cccc([N+](=O)[O-])c1. The lowest BCUT2D eigenvalue weighted by Gasteiger charge is -2.26. The van der Waals surface area contributed by atoms with E-state index in [0.29, 0.717) is 12.0 Å². The number of likely N-dealkylation sites (N-methyl/N-ethyl adjacent to an activating group) is 1. The van der Waals surface area contributed by atoms with Crippen molar-refractivity contribution in [2.75, 3.05) is 6.54 Å². The molecule has 0 heterocycles. The fraction of sp³-hybridized carbons (Fsp3) is 0.438. The summed E-state index contributed by atoms with van der Waals surface area (Å²) in [6, 6.07) is 3.70. The Morgan fingerprint density at radius 1 is 1.32 bits per heavy atom. The fourth-order valence-electron chi connectivity index (χ4n) is 2.21. The molecule has 0 bridgehead atoms. The number of benzene rings is 1. The minimum Gasteiger partial charge on any atom is -0.479 e. The van der Waals surface area contributed by atoms with Crippen molar-refractivity contribution in [2.24, 2.45) is 0 Å². The van der Waals surface area contributed by atoms with Crippen LogP contribution < -0.4 is 0 Å². The highest BCUT2D eigenvalue weighted by Gasteiger charge is 2.36. The molecule has 9 heteroatoms. The molecule has 0 radical (unpaired) electrons. The summed E-state index contributed by atoms with van der Waals surface area (Å²) in [6.45, 7) is 3.05. The van der Waals surface area contributed by atoms with Crippen LogP contribution in [-0.4, -0.2) is 45.4 Å². The Balaban J connectivity index is 2.86. The third kappa shape index (κ3) is 5.55. The Bertz CT molecular complexity index is 660. The van der Waals surface area contributed by atoms with E-state index in [1.165, 1.54) is 24.3 Å². The van der Waals surface area contributed by atoms with Gasteiger partial charge in [0, 0.05) is 25.1 Å². The first-order chi connectivity index (χ1) is 11.8. The molecular formula is C16H20N2O7. The van der Waals surface area contributed by atoms with Crippen LogP contribution in [0.15, 0.2) is 24.3 Å². The van der Waals surface area contributed by atoms with Crippen LogP contribution in [0, 0.1) is 10.1 Å². The maximum Gasteiger partial charge on any atom is 0.341 e. The second-order valence-electron chi connectivity index (χ2n) is 5.21. The summed E-state index contributed by atoms with van der Waals surface area (Å²) in [5.74, 6) is -3.04. The third-order valence-corrected chi connectivity index (χ3v) is 3.40. The molecule has 0 saturated heterocycles. The molecule has 136 valence electrons. The number of hydrogen-bond donors (Lipinski definition) is 1. The summed E-state index contributed by atoms with van der Waals surface area (Å²) in [4.78, 5) is 46.7. The quantitative estimate of drug-likeness (QED) is 0.310. The molecule has 1 unspecified atom stereocenters. The van der Waals surface area contributed by atoms with Crippen LogP contribution in [0.5, 0.6) is 0 Å². The summed E-state index contributed by atoms with van der Waals surface area (Å²) in [5, 5.41) is 20.0. The number of carboxylic acid groups (broad SMARTS) is 1. The Kier molecular flexibility index (Phi) is 7.51. The van der Waals surface area contributed by atoms with Gasteiger partial charge in [-0.15, -0.1) is 0 Å². The number of aliphatic carboxylic acids is 1. The van der Waals surface area contributed by atoms with Crippen LogP contribution >= 0.6 is 0 Å². The topological polar surface area (TPSA) is 127 Å². The molecule has 0 spiro atoms. The van der Waals surface area contributed by atoms with Crippen molar-refractivity contribution in [1.82, 2.24) is 4.90 Å². The van der Waals surface area contributed by atoms with Crippen molar-refractivity contribution < 1.29 is 29.2 Å². The summed E-state index contributed by atoms with van der Waals surface area (Å²) in [6.07, 6.45) is 0.639. The Morgan fingerprint density at radius 2 is 2.00 bits per heavy atom. The Morgan fingerprint density at radius 3 is 2.52 bits per heavy atom. The first-order valence-corrected chi connectivity index (χ1v) is 7.74. The molecule has 0 aliphatic heterocycles. The van der Waals surface area contributed by atoms with Crippen LogP contribution in [0.3, 0.4) is 0 Å². The van der Waals surface area contributed by atoms with Gasteiger partial charge in [0.25, 0.3) is 5.69 Å². The van der Waals surface area contributed by atoms with Gasteiger partial charge in [-0.05, 0) is 18.9 Å². The molecule has 1 aromatic rings. The van der Waals surface area contributed by atoms with Crippen molar-refractivity contribution in [2.45, 2.75) is 39.3 Å². The molecule has 25 heavy (non-hydrogen) atoms. The van der Waals surface area contributed by atoms with Crippen molar-refractivity contribution >= 4 is 23.5 Å². The van der Waals surface area contributed by atoms with Crippen molar-refractivity contribution in [3.63, 3.8) is 0 Å². The Labute approximate surface area is 144 Å². The first kappa shape index (κ1) is 20.1. The van der Waals surface area contributed by atoms with Crippen LogP contribution in [0.4, 0.5) is 5.69 Å². The van der Waals surface area contributed by atoms with Gasteiger partial charge in [-0.1, -0.05) is 19.1 Å². The minimum atomic E-state index is -1.75. The van der Waals surface area contributed by atoms with Crippen LogP contribution in [0.2, 0.25) is 0 Å². The molecular weight excluding hydrogens is 332 g/mol. The number of carbonyl (C=O) groups excluding carboxylic acids is 2. The third-order valence-electron chi connectivity index (χ3n) is 3.40. The van der Waals surface area contributed by atoms with Gasteiger partial charge in [0.05, 0.1) is 4.92 Å². The maximum absolute atomic E-state index is 12.2. The molecule has 0 aliphatic rings. The molecule has 0 fully saturated rings. The van der Waals surface area contributed by atoms with E-state index in [4.69, 9.17) is 4.74 Å². The van der Waals surface area contributed by atoms with E-state index in [9.17, 15) is 29.6 Å². The number of nitrogens with zero attached hydrogens (tertiary/aromatic N) is 2. The standard InChI is InChI=1S/C16H20N2O7/c1-3-6-13(19)17(4-2)14(15(20)21)16(22)25-10-11-7-5-8-12(9-11)18(23)24/h5,7-9,14H,3-4,6,10H2,1-2H3,(H,20,21). The average molecular weight is 352 g/mol. The highest BCUT2D eigenvalue weighted by Crippen LogP contribution is 2.15. The van der Waals surface area contributed by atoms with Gasteiger partial charge in [-0.3, -0.25) is 14.9 Å². The monoisotopic (exact) mass is 352 g/mol. The number of carboxylic acids is 1. The van der Waals surface area contributed by atoms with E-state index >= 15 is 0 Å². The molecule has 1 N–H and O–H groups in total. The molecule has 1 amide bonds. The molecule has 0 aliphatic carbocycles. The van der Waals surface area contributed by atoms with Crippen molar-refractivity contribution in [3.8, 4) is 0 Å². The number of carbonyl (C=O) groups is 3. The van der Waals surface area contributed by atoms with Crippen molar-refractivity contribution in [3.05, 3.63) is 39.9 Å². The zero-order valence-corrected chi connectivity index (χ0v) is 14.0. The van der Waals surface area contributed by atoms with Crippen molar-refractivity contribution in [1.29, 1.82) is 0 Å². The highest BCUT2D eigenvalue weighted by molar-refractivity contribution is 6.01. The molecule has 0 saturated carbocycles. The first-order valence-electron chi connectivity index (χ1n) is 7.74. The number of amides is 1. The smallest absolute Gasteiger partial charge is 0.341 e. The minimum absolute atomic E-state index is 0.0434. The number of rotatable bonds is 9. The number of nitro benzene ring substituents is 1. The summed E-state index contributed by atoms with van der Waals surface area (Å²) in [5.41, 5.74) is 0.172.